The van der Waals surface area contributed by atoms with Gasteiger partial charge < -0.3 is 15.4 Å². The highest BCUT2D eigenvalue weighted by Gasteiger charge is 2.26. The first-order valence-corrected chi connectivity index (χ1v) is 7.98. The molecule has 1 aliphatic rings. The van der Waals surface area contributed by atoms with Gasteiger partial charge in [0.25, 0.3) is 0 Å². The van der Waals surface area contributed by atoms with Crippen molar-refractivity contribution in [1.82, 2.24) is 10.6 Å². The van der Waals surface area contributed by atoms with Gasteiger partial charge in [-0.2, -0.15) is 0 Å². The molecule has 4 nitrogen and oxygen atoms in total. The SMILES string of the molecule is CC(C)CNC1CCCCC1CNC(=O)OC(C)(C)C. The number of carbonyl (C=O) groups is 1. The Labute approximate surface area is 124 Å². The van der Waals surface area contributed by atoms with Gasteiger partial charge in [-0.25, -0.2) is 4.79 Å². The number of nitrogens with one attached hydrogen (secondary N) is 2. The summed E-state index contributed by atoms with van der Waals surface area (Å²) >= 11 is 0. The molecule has 0 aromatic rings. The largest absolute Gasteiger partial charge is 0.444 e. The van der Waals surface area contributed by atoms with Gasteiger partial charge in [0.05, 0.1) is 0 Å². The minimum atomic E-state index is -0.425. The van der Waals surface area contributed by atoms with Crippen LogP contribution in [-0.4, -0.2) is 30.8 Å². The van der Waals surface area contributed by atoms with Crippen LogP contribution in [0.5, 0.6) is 0 Å². The maximum Gasteiger partial charge on any atom is 0.407 e. The van der Waals surface area contributed by atoms with Crippen LogP contribution in [0, 0.1) is 11.8 Å². The molecule has 0 aromatic carbocycles. The van der Waals surface area contributed by atoms with Crippen LogP contribution in [0.2, 0.25) is 0 Å². The molecule has 0 radical (unpaired) electrons. The van der Waals surface area contributed by atoms with Crippen LogP contribution in [0.4, 0.5) is 4.79 Å². The fraction of sp³-hybridized carbons (Fsp3) is 0.938. The van der Waals surface area contributed by atoms with E-state index in [1.54, 1.807) is 0 Å². The minimum absolute atomic E-state index is 0.300. The zero-order valence-corrected chi connectivity index (χ0v) is 13.8. The molecule has 1 fully saturated rings. The minimum Gasteiger partial charge on any atom is -0.444 e. The Hall–Kier alpha value is -0.770. The smallest absolute Gasteiger partial charge is 0.407 e. The molecule has 0 aliphatic heterocycles. The van der Waals surface area contributed by atoms with Crippen molar-refractivity contribution in [2.75, 3.05) is 13.1 Å². The van der Waals surface area contributed by atoms with E-state index in [1.165, 1.54) is 25.7 Å². The first-order chi connectivity index (χ1) is 9.28. The van der Waals surface area contributed by atoms with Crippen molar-refractivity contribution in [3.63, 3.8) is 0 Å². The Kier molecular flexibility index (Phi) is 6.80. The molecule has 1 aliphatic carbocycles. The van der Waals surface area contributed by atoms with E-state index in [2.05, 4.69) is 24.5 Å². The average molecular weight is 284 g/mol. The number of carbonyl (C=O) groups excluding carboxylic acids is 1. The molecule has 1 rings (SSSR count). The topological polar surface area (TPSA) is 50.4 Å². The number of ether oxygens (including phenoxy) is 1. The summed E-state index contributed by atoms with van der Waals surface area (Å²) in [5, 5.41) is 6.58. The molecule has 2 unspecified atom stereocenters. The Morgan fingerprint density at radius 2 is 1.90 bits per heavy atom. The lowest BCUT2D eigenvalue weighted by atomic mass is 9.84. The molecule has 2 atom stereocenters. The lowest BCUT2D eigenvalue weighted by Crippen LogP contribution is -2.45. The van der Waals surface area contributed by atoms with Crippen LogP contribution in [0.1, 0.15) is 60.3 Å². The molecular formula is C16H32N2O2. The van der Waals surface area contributed by atoms with Crippen LogP contribution in [0.3, 0.4) is 0 Å². The molecule has 4 heteroatoms. The van der Waals surface area contributed by atoms with Gasteiger partial charge >= 0.3 is 6.09 Å². The first-order valence-electron chi connectivity index (χ1n) is 7.98. The normalized spacial score (nSPS) is 23.7. The second kappa shape index (κ2) is 7.87. The Bertz CT molecular complexity index is 297. The fourth-order valence-electron chi connectivity index (χ4n) is 2.64. The lowest BCUT2D eigenvalue weighted by molar-refractivity contribution is 0.0510. The summed E-state index contributed by atoms with van der Waals surface area (Å²) in [5.41, 5.74) is -0.425. The van der Waals surface area contributed by atoms with E-state index >= 15 is 0 Å². The summed E-state index contributed by atoms with van der Waals surface area (Å²) in [4.78, 5) is 11.7. The van der Waals surface area contributed by atoms with Gasteiger partial charge in [-0.15, -0.1) is 0 Å². The van der Waals surface area contributed by atoms with Gasteiger partial charge in [-0.1, -0.05) is 26.7 Å². The molecule has 1 amide bonds. The number of alkyl carbamates (subject to hydrolysis) is 1. The van der Waals surface area contributed by atoms with Crippen LogP contribution in [0.15, 0.2) is 0 Å². The second-order valence-electron chi connectivity index (χ2n) is 7.34. The van der Waals surface area contributed by atoms with E-state index < -0.39 is 5.60 Å². The highest BCUT2D eigenvalue weighted by molar-refractivity contribution is 5.67. The standard InChI is InChI=1S/C16H32N2O2/c1-12(2)10-17-14-9-7-6-8-13(14)11-18-15(19)20-16(3,4)5/h12-14,17H,6-11H2,1-5H3,(H,18,19). The van der Waals surface area contributed by atoms with Crippen LogP contribution in [-0.2, 0) is 4.74 Å². The molecule has 0 saturated heterocycles. The number of amides is 1. The van der Waals surface area contributed by atoms with Crippen LogP contribution < -0.4 is 10.6 Å². The number of hydrogen-bond acceptors (Lipinski definition) is 3. The Balaban J connectivity index is 2.36. The summed E-state index contributed by atoms with van der Waals surface area (Å²) in [6, 6.07) is 0.529. The summed E-state index contributed by atoms with van der Waals surface area (Å²) in [5.74, 6) is 1.19. The molecule has 0 aromatic heterocycles. The monoisotopic (exact) mass is 284 g/mol. The van der Waals surface area contributed by atoms with Gasteiger partial charge in [-0.3, -0.25) is 0 Å². The van der Waals surface area contributed by atoms with E-state index in [4.69, 9.17) is 4.74 Å². The highest BCUT2D eigenvalue weighted by atomic mass is 16.6. The van der Waals surface area contributed by atoms with Gasteiger partial charge in [0.2, 0.25) is 0 Å². The van der Waals surface area contributed by atoms with Gasteiger partial charge in [-0.05, 0) is 52.0 Å². The second-order valence-corrected chi connectivity index (χ2v) is 7.34. The van der Waals surface area contributed by atoms with Gasteiger partial charge in [0, 0.05) is 12.6 Å². The van der Waals surface area contributed by atoms with Crippen LogP contribution in [0.25, 0.3) is 0 Å². The quantitative estimate of drug-likeness (QED) is 0.814. The highest BCUT2D eigenvalue weighted by Crippen LogP contribution is 2.24. The van der Waals surface area contributed by atoms with E-state index in [0.717, 1.165) is 6.54 Å². The molecule has 2 N–H and O–H groups in total. The molecule has 0 heterocycles. The summed E-state index contributed by atoms with van der Waals surface area (Å²) in [6.07, 6.45) is 4.66. The number of hydrogen-bond donors (Lipinski definition) is 2. The first kappa shape index (κ1) is 17.3. The van der Waals surface area contributed by atoms with Crippen molar-refractivity contribution >= 4 is 6.09 Å². The average Bonchev–Trinajstić information content (AvgIpc) is 2.32. The summed E-state index contributed by atoms with van der Waals surface area (Å²) in [7, 11) is 0. The maximum atomic E-state index is 11.7. The molecule has 0 spiro atoms. The van der Waals surface area contributed by atoms with Crippen molar-refractivity contribution < 1.29 is 9.53 Å². The van der Waals surface area contributed by atoms with E-state index in [0.29, 0.717) is 24.4 Å². The lowest BCUT2D eigenvalue weighted by Gasteiger charge is -2.33. The predicted octanol–water partition coefficient (Wildman–Crippen LogP) is 3.32. The van der Waals surface area contributed by atoms with Crippen LogP contribution >= 0.6 is 0 Å². The van der Waals surface area contributed by atoms with E-state index in [9.17, 15) is 4.79 Å². The zero-order valence-electron chi connectivity index (χ0n) is 13.8. The van der Waals surface area contributed by atoms with Crippen molar-refractivity contribution in [2.45, 2.75) is 71.9 Å². The number of rotatable bonds is 5. The maximum absolute atomic E-state index is 11.7. The van der Waals surface area contributed by atoms with Crippen molar-refractivity contribution in [3.05, 3.63) is 0 Å². The third-order valence-corrected chi connectivity index (χ3v) is 3.60. The third kappa shape index (κ3) is 7.13. The third-order valence-electron chi connectivity index (χ3n) is 3.60. The van der Waals surface area contributed by atoms with Crippen molar-refractivity contribution in [1.29, 1.82) is 0 Å². The zero-order chi connectivity index (χ0) is 15.2. The molecule has 118 valence electrons. The molecule has 0 bridgehead atoms. The van der Waals surface area contributed by atoms with Gasteiger partial charge in [0.1, 0.15) is 5.60 Å². The molecule has 1 saturated carbocycles. The van der Waals surface area contributed by atoms with E-state index in [-0.39, 0.29) is 6.09 Å². The fourth-order valence-corrected chi connectivity index (χ4v) is 2.64. The Morgan fingerprint density at radius 3 is 2.50 bits per heavy atom. The predicted molar refractivity (Wildman–Crippen MR) is 82.8 cm³/mol. The van der Waals surface area contributed by atoms with Gasteiger partial charge in [0.15, 0.2) is 0 Å². The molecular weight excluding hydrogens is 252 g/mol. The van der Waals surface area contributed by atoms with Crippen molar-refractivity contribution in [3.8, 4) is 0 Å². The summed E-state index contributed by atoms with van der Waals surface area (Å²) < 4.78 is 5.29. The molecule has 20 heavy (non-hydrogen) atoms. The Morgan fingerprint density at radius 1 is 1.25 bits per heavy atom. The van der Waals surface area contributed by atoms with Crippen molar-refractivity contribution in [2.24, 2.45) is 11.8 Å². The summed E-state index contributed by atoms with van der Waals surface area (Å²) in [6.45, 7) is 11.9. The van der Waals surface area contributed by atoms with E-state index in [1.807, 2.05) is 20.8 Å².